The van der Waals surface area contributed by atoms with Crippen molar-refractivity contribution in [1.29, 1.82) is 0 Å². The van der Waals surface area contributed by atoms with E-state index in [1.165, 1.54) is 21.9 Å². The molecular formula is C18H20N2O3S. The molecular weight excluding hydrogens is 324 g/mol. The molecule has 6 heteroatoms. The van der Waals surface area contributed by atoms with Gasteiger partial charge in [-0.25, -0.2) is 0 Å². The Balaban J connectivity index is 1.53. The number of nitrogens with zero attached hydrogens (tertiary/aromatic N) is 2. The quantitative estimate of drug-likeness (QED) is 0.928. The topological polar surface area (TPSA) is 60.9 Å². The van der Waals surface area contributed by atoms with E-state index in [4.69, 9.17) is 0 Å². The molecule has 1 amide bonds. The van der Waals surface area contributed by atoms with Crippen LogP contribution in [0.4, 0.5) is 0 Å². The number of carboxylic acids is 1. The zero-order chi connectivity index (χ0) is 16.9. The van der Waals surface area contributed by atoms with Crippen LogP contribution in [-0.2, 0) is 16.1 Å². The lowest BCUT2D eigenvalue weighted by Crippen LogP contribution is -2.41. The summed E-state index contributed by atoms with van der Waals surface area (Å²) in [5.74, 6) is -0.774. The van der Waals surface area contributed by atoms with E-state index >= 15 is 0 Å². The second-order valence-corrected chi connectivity index (χ2v) is 8.15. The molecule has 2 saturated heterocycles. The standard InChI is InChI=1S/C18H20N2O3S/c1-12(21)20-8-14-7-19(10-18(14,11-20)17(22)23)9-15-6-13-4-2-3-5-16(13)24-15/h2-6,14H,7-11H2,1H3,(H,22,23)/t14-,18-/m1/s1. The van der Waals surface area contributed by atoms with Gasteiger partial charge in [0.15, 0.2) is 0 Å². The second-order valence-electron chi connectivity index (χ2n) is 6.98. The van der Waals surface area contributed by atoms with Gasteiger partial charge in [0.05, 0.1) is 0 Å². The average Bonchev–Trinajstić information content (AvgIpc) is 3.16. The van der Waals surface area contributed by atoms with Gasteiger partial charge in [-0.15, -0.1) is 11.3 Å². The first kappa shape index (κ1) is 15.6. The molecule has 0 aliphatic carbocycles. The predicted molar refractivity (Wildman–Crippen MR) is 92.9 cm³/mol. The monoisotopic (exact) mass is 344 g/mol. The molecule has 0 spiro atoms. The third-order valence-corrected chi connectivity index (χ3v) is 6.51. The first-order chi connectivity index (χ1) is 11.5. The second kappa shape index (κ2) is 5.57. The SMILES string of the molecule is CC(=O)N1C[C@H]2CN(Cc3cc4ccccc4s3)C[C@@]2(C(=O)O)C1. The molecule has 2 aromatic rings. The summed E-state index contributed by atoms with van der Waals surface area (Å²) in [4.78, 5) is 28.8. The Morgan fingerprint density at radius 2 is 2.08 bits per heavy atom. The Hall–Kier alpha value is -1.92. The highest BCUT2D eigenvalue weighted by molar-refractivity contribution is 7.19. The normalized spacial score (nSPS) is 26.9. The summed E-state index contributed by atoms with van der Waals surface area (Å²) >= 11 is 1.77. The summed E-state index contributed by atoms with van der Waals surface area (Å²) < 4.78 is 1.27. The Morgan fingerprint density at radius 3 is 2.75 bits per heavy atom. The highest BCUT2D eigenvalue weighted by atomic mass is 32.1. The van der Waals surface area contributed by atoms with Crippen molar-refractivity contribution in [3.8, 4) is 0 Å². The molecule has 0 radical (unpaired) electrons. The van der Waals surface area contributed by atoms with Gasteiger partial charge in [0.2, 0.25) is 5.91 Å². The van der Waals surface area contributed by atoms with E-state index in [9.17, 15) is 14.7 Å². The van der Waals surface area contributed by atoms with Gasteiger partial charge in [-0.1, -0.05) is 18.2 Å². The van der Waals surface area contributed by atoms with Crippen molar-refractivity contribution in [3.05, 3.63) is 35.2 Å². The summed E-state index contributed by atoms with van der Waals surface area (Å²) in [6.45, 7) is 4.46. The van der Waals surface area contributed by atoms with Gasteiger partial charge in [0, 0.05) is 55.1 Å². The minimum atomic E-state index is -0.803. The maximum absolute atomic E-state index is 11.9. The van der Waals surface area contributed by atoms with Crippen molar-refractivity contribution in [3.63, 3.8) is 0 Å². The number of carboxylic acid groups (broad SMARTS) is 1. The lowest BCUT2D eigenvalue weighted by Gasteiger charge is -2.24. The molecule has 4 rings (SSSR count). The molecule has 2 atom stereocenters. The Kier molecular flexibility index (Phi) is 3.62. The molecule has 24 heavy (non-hydrogen) atoms. The largest absolute Gasteiger partial charge is 0.481 e. The first-order valence-corrected chi connectivity index (χ1v) is 8.98. The molecule has 1 aromatic heterocycles. The zero-order valence-corrected chi connectivity index (χ0v) is 14.4. The van der Waals surface area contributed by atoms with Gasteiger partial charge in [-0.3, -0.25) is 14.5 Å². The molecule has 0 bridgehead atoms. The van der Waals surface area contributed by atoms with Crippen LogP contribution in [0, 0.1) is 11.3 Å². The Morgan fingerprint density at radius 1 is 1.29 bits per heavy atom. The molecule has 1 N–H and O–H groups in total. The van der Waals surface area contributed by atoms with E-state index in [-0.39, 0.29) is 11.8 Å². The van der Waals surface area contributed by atoms with Crippen molar-refractivity contribution < 1.29 is 14.7 Å². The van der Waals surface area contributed by atoms with Crippen LogP contribution < -0.4 is 0 Å². The van der Waals surface area contributed by atoms with Crippen LogP contribution in [0.15, 0.2) is 30.3 Å². The number of benzene rings is 1. The fourth-order valence-corrected chi connectivity index (χ4v) is 5.27. The van der Waals surface area contributed by atoms with Gasteiger partial charge in [0.1, 0.15) is 5.41 Å². The van der Waals surface area contributed by atoms with Crippen molar-refractivity contribution >= 4 is 33.3 Å². The maximum Gasteiger partial charge on any atom is 0.313 e. The number of rotatable bonds is 3. The van der Waals surface area contributed by atoms with Crippen molar-refractivity contribution in [2.75, 3.05) is 26.2 Å². The third kappa shape index (κ3) is 2.41. The van der Waals surface area contributed by atoms with Crippen LogP contribution in [0.2, 0.25) is 0 Å². The third-order valence-electron chi connectivity index (χ3n) is 5.41. The molecule has 5 nitrogen and oxygen atoms in total. The van der Waals surface area contributed by atoms with E-state index in [0.29, 0.717) is 19.6 Å². The molecule has 0 unspecified atom stereocenters. The van der Waals surface area contributed by atoms with E-state index in [0.717, 1.165) is 13.1 Å². The number of hydrogen-bond donors (Lipinski definition) is 1. The number of thiophene rings is 1. The van der Waals surface area contributed by atoms with Crippen molar-refractivity contribution in [2.24, 2.45) is 11.3 Å². The minimum Gasteiger partial charge on any atom is -0.481 e. The van der Waals surface area contributed by atoms with Crippen LogP contribution in [0.5, 0.6) is 0 Å². The van der Waals surface area contributed by atoms with E-state index in [2.05, 4.69) is 23.1 Å². The molecule has 0 saturated carbocycles. The summed E-state index contributed by atoms with van der Waals surface area (Å²) in [5, 5.41) is 11.1. The van der Waals surface area contributed by atoms with E-state index < -0.39 is 11.4 Å². The molecule has 2 aliphatic heterocycles. The van der Waals surface area contributed by atoms with Crippen molar-refractivity contribution in [1.82, 2.24) is 9.80 Å². The van der Waals surface area contributed by atoms with Gasteiger partial charge in [-0.2, -0.15) is 0 Å². The summed E-state index contributed by atoms with van der Waals surface area (Å²) in [5.41, 5.74) is -0.803. The molecule has 126 valence electrons. The number of aliphatic carboxylic acids is 1. The Bertz CT molecular complexity index is 784. The van der Waals surface area contributed by atoms with Crippen LogP contribution in [0.25, 0.3) is 10.1 Å². The average molecular weight is 344 g/mol. The number of carbonyl (C=O) groups is 2. The molecule has 3 heterocycles. The number of hydrogen-bond acceptors (Lipinski definition) is 4. The summed E-state index contributed by atoms with van der Waals surface area (Å²) in [7, 11) is 0. The van der Waals surface area contributed by atoms with Gasteiger partial charge < -0.3 is 10.0 Å². The minimum absolute atomic E-state index is 0.0216. The van der Waals surface area contributed by atoms with Gasteiger partial charge in [-0.05, 0) is 17.5 Å². The molecule has 2 aliphatic rings. The highest BCUT2D eigenvalue weighted by Crippen LogP contribution is 2.43. The van der Waals surface area contributed by atoms with Gasteiger partial charge >= 0.3 is 5.97 Å². The number of likely N-dealkylation sites (tertiary alicyclic amines) is 2. The predicted octanol–water partition coefficient (Wildman–Crippen LogP) is 2.27. The van der Waals surface area contributed by atoms with Crippen LogP contribution in [0.1, 0.15) is 11.8 Å². The number of fused-ring (bicyclic) bond motifs is 2. The lowest BCUT2D eigenvalue weighted by molar-refractivity contribution is -0.149. The fourth-order valence-electron chi connectivity index (χ4n) is 4.17. The first-order valence-electron chi connectivity index (χ1n) is 8.17. The Labute approximate surface area is 144 Å². The molecule has 2 fully saturated rings. The lowest BCUT2D eigenvalue weighted by atomic mass is 9.81. The summed E-state index contributed by atoms with van der Waals surface area (Å²) in [6, 6.07) is 10.5. The number of amides is 1. The zero-order valence-electron chi connectivity index (χ0n) is 13.6. The van der Waals surface area contributed by atoms with E-state index in [1.807, 2.05) is 12.1 Å². The van der Waals surface area contributed by atoms with E-state index in [1.54, 1.807) is 16.2 Å². The van der Waals surface area contributed by atoms with Gasteiger partial charge in [0.25, 0.3) is 0 Å². The molecule has 1 aromatic carbocycles. The van der Waals surface area contributed by atoms with Crippen LogP contribution >= 0.6 is 11.3 Å². The highest BCUT2D eigenvalue weighted by Gasteiger charge is 2.58. The van der Waals surface area contributed by atoms with Crippen LogP contribution in [-0.4, -0.2) is 53.0 Å². The summed E-state index contributed by atoms with van der Waals surface area (Å²) in [6.07, 6.45) is 0. The number of carbonyl (C=O) groups excluding carboxylic acids is 1. The smallest absolute Gasteiger partial charge is 0.313 e. The van der Waals surface area contributed by atoms with Crippen LogP contribution in [0.3, 0.4) is 0 Å². The maximum atomic E-state index is 11.9. The van der Waals surface area contributed by atoms with Crippen molar-refractivity contribution in [2.45, 2.75) is 13.5 Å². The fraction of sp³-hybridized carbons (Fsp3) is 0.444.